The number of aromatic nitrogens is 2. The monoisotopic (exact) mass is 357 g/mol. The number of hydrogen-bond acceptors (Lipinski definition) is 4. The van der Waals surface area contributed by atoms with E-state index in [0.717, 1.165) is 18.4 Å². The number of amides is 1. The van der Waals surface area contributed by atoms with Gasteiger partial charge in [-0.3, -0.25) is 9.48 Å². The van der Waals surface area contributed by atoms with Crippen LogP contribution >= 0.6 is 0 Å². The molecule has 2 rings (SSSR count). The summed E-state index contributed by atoms with van der Waals surface area (Å²) in [7, 11) is -3.80. The van der Waals surface area contributed by atoms with Gasteiger partial charge in [-0.2, -0.15) is 5.10 Å². The Morgan fingerprint density at radius 3 is 2.38 bits per heavy atom. The first-order valence-electron chi connectivity index (χ1n) is 6.96. The van der Waals surface area contributed by atoms with Gasteiger partial charge in [0.25, 0.3) is 5.91 Å². The molecular formula is C15H17F2N3O3S. The largest absolute Gasteiger partial charge is 0.268 e. The lowest BCUT2D eigenvalue weighted by Gasteiger charge is -2.18. The van der Waals surface area contributed by atoms with Crippen molar-refractivity contribution in [3.63, 3.8) is 0 Å². The van der Waals surface area contributed by atoms with Gasteiger partial charge in [-0.05, 0) is 32.9 Å². The van der Waals surface area contributed by atoms with Gasteiger partial charge in [0, 0.05) is 17.8 Å². The maximum absolute atomic E-state index is 14.1. The van der Waals surface area contributed by atoms with Crippen LogP contribution in [-0.2, 0) is 15.6 Å². The topological polar surface area (TPSA) is 81.1 Å². The van der Waals surface area contributed by atoms with E-state index in [1.54, 1.807) is 0 Å². The zero-order chi connectivity index (χ0) is 18.3. The number of carbonyl (C=O) groups is 1. The number of nitrogens with one attached hydrogen (secondary N) is 1. The molecule has 6 nitrogen and oxygen atoms in total. The molecule has 9 heteroatoms. The molecule has 0 fully saturated rings. The van der Waals surface area contributed by atoms with Gasteiger partial charge in [-0.15, -0.1) is 0 Å². The van der Waals surface area contributed by atoms with Crippen molar-refractivity contribution in [2.24, 2.45) is 0 Å². The average Bonchev–Trinajstić information content (AvgIpc) is 2.81. The van der Waals surface area contributed by atoms with Crippen LogP contribution in [0.3, 0.4) is 0 Å². The summed E-state index contributed by atoms with van der Waals surface area (Å²) >= 11 is 0. The smallest absolute Gasteiger partial charge is 0.268 e. The molecule has 130 valence electrons. The van der Waals surface area contributed by atoms with E-state index in [0.29, 0.717) is 6.07 Å². The van der Waals surface area contributed by atoms with E-state index in [1.165, 1.54) is 10.9 Å². The molecule has 0 aliphatic carbocycles. The maximum atomic E-state index is 14.1. The van der Waals surface area contributed by atoms with Crippen molar-refractivity contribution in [1.82, 2.24) is 14.5 Å². The van der Waals surface area contributed by atoms with Crippen LogP contribution in [0.25, 0.3) is 11.3 Å². The first kappa shape index (κ1) is 18.1. The molecule has 0 radical (unpaired) electrons. The van der Waals surface area contributed by atoms with Gasteiger partial charge in [0.15, 0.2) is 0 Å². The Kier molecular flexibility index (Phi) is 4.49. The molecule has 1 heterocycles. The zero-order valence-corrected chi connectivity index (χ0v) is 14.4. The highest BCUT2D eigenvalue weighted by atomic mass is 32.2. The number of sulfonamides is 1. The van der Waals surface area contributed by atoms with Crippen molar-refractivity contribution in [2.75, 3.05) is 6.26 Å². The SMILES string of the molecule is CC(C)(C)n1cc(C(=O)NS(C)(=O)=O)c(-c2ccc(F)cc2F)n1. The third kappa shape index (κ3) is 3.97. The number of rotatable bonds is 3. The van der Waals surface area contributed by atoms with Gasteiger partial charge < -0.3 is 0 Å². The molecule has 0 atom stereocenters. The predicted octanol–water partition coefficient (Wildman–Crippen LogP) is 2.27. The summed E-state index contributed by atoms with van der Waals surface area (Å²) in [4.78, 5) is 12.2. The molecule has 1 aromatic carbocycles. The first-order valence-corrected chi connectivity index (χ1v) is 8.85. The molecule has 1 amide bonds. The minimum absolute atomic E-state index is 0.0661. The molecule has 0 aliphatic rings. The van der Waals surface area contributed by atoms with Gasteiger partial charge in [0.05, 0.1) is 17.4 Å². The Bertz CT molecular complexity index is 899. The van der Waals surface area contributed by atoms with Crippen LogP contribution < -0.4 is 4.72 Å². The Morgan fingerprint density at radius 2 is 1.88 bits per heavy atom. The summed E-state index contributed by atoms with van der Waals surface area (Å²) in [6.07, 6.45) is 2.16. The number of benzene rings is 1. The normalized spacial score (nSPS) is 12.2. The summed E-state index contributed by atoms with van der Waals surface area (Å²) in [5.74, 6) is -2.61. The van der Waals surface area contributed by atoms with Crippen molar-refractivity contribution in [2.45, 2.75) is 26.3 Å². The highest BCUT2D eigenvalue weighted by Crippen LogP contribution is 2.28. The number of nitrogens with zero attached hydrogens (tertiary/aromatic N) is 2. The highest BCUT2D eigenvalue weighted by Gasteiger charge is 2.25. The van der Waals surface area contributed by atoms with Crippen LogP contribution in [0.1, 0.15) is 31.1 Å². The van der Waals surface area contributed by atoms with E-state index in [4.69, 9.17) is 0 Å². The standard InChI is InChI=1S/C15H17F2N3O3S/c1-15(2,3)20-8-11(14(21)19-24(4,22)23)13(18-20)10-6-5-9(16)7-12(10)17/h5-8H,1-4H3,(H,19,21). The van der Waals surface area contributed by atoms with Gasteiger partial charge in [-0.25, -0.2) is 21.9 Å². The number of halogens is 2. The van der Waals surface area contributed by atoms with Crippen LogP contribution in [-0.4, -0.2) is 30.4 Å². The first-order chi connectivity index (χ1) is 10.9. The third-order valence-electron chi connectivity index (χ3n) is 3.11. The van der Waals surface area contributed by atoms with Crippen molar-refractivity contribution >= 4 is 15.9 Å². The van der Waals surface area contributed by atoms with Crippen molar-refractivity contribution < 1.29 is 22.0 Å². The summed E-state index contributed by atoms with van der Waals surface area (Å²) in [6.45, 7) is 5.43. The summed E-state index contributed by atoms with van der Waals surface area (Å²) in [5, 5.41) is 4.19. The second-order valence-electron chi connectivity index (χ2n) is 6.33. The van der Waals surface area contributed by atoms with Crippen LogP contribution in [0.2, 0.25) is 0 Å². The highest BCUT2D eigenvalue weighted by molar-refractivity contribution is 7.89. The average molecular weight is 357 g/mol. The van der Waals surface area contributed by atoms with Crippen molar-refractivity contribution in [1.29, 1.82) is 0 Å². The molecule has 0 aliphatic heterocycles. The fourth-order valence-corrected chi connectivity index (χ4v) is 2.43. The Labute approximate surface area is 138 Å². The molecule has 1 aromatic heterocycles. The molecule has 0 saturated heterocycles. The number of carbonyl (C=O) groups excluding carboxylic acids is 1. The lowest BCUT2D eigenvalue weighted by atomic mass is 10.1. The molecule has 0 saturated carbocycles. The summed E-state index contributed by atoms with van der Waals surface area (Å²) < 4.78 is 53.0. The van der Waals surface area contributed by atoms with E-state index < -0.39 is 33.1 Å². The molecule has 2 aromatic rings. The molecule has 1 N–H and O–H groups in total. The minimum atomic E-state index is -3.80. The minimum Gasteiger partial charge on any atom is -0.268 e. The molecule has 0 unspecified atom stereocenters. The van der Waals surface area contributed by atoms with E-state index in [1.807, 2.05) is 25.5 Å². The molecule has 0 spiro atoms. The van der Waals surface area contributed by atoms with Crippen LogP contribution in [0.4, 0.5) is 8.78 Å². The predicted molar refractivity (Wildman–Crippen MR) is 84.9 cm³/mol. The van der Waals surface area contributed by atoms with Gasteiger partial charge in [0.2, 0.25) is 10.0 Å². The van der Waals surface area contributed by atoms with Gasteiger partial charge in [0.1, 0.15) is 17.3 Å². The lowest BCUT2D eigenvalue weighted by molar-refractivity contribution is 0.0982. The zero-order valence-electron chi connectivity index (χ0n) is 13.6. The second-order valence-corrected chi connectivity index (χ2v) is 8.08. The summed E-state index contributed by atoms with van der Waals surface area (Å²) in [5.41, 5.74) is -0.822. The summed E-state index contributed by atoms with van der Waals surface area (Å²) in [6, 6.07) is 2.85. The van der Waals surface area contributed by atoms with E-state index in [9.17, 15) is 22.0 Å². The van der Waals surface area contributed by atoms with Gasteiger partial charge in [-0.1, -0.05) is 0 Å². The number of hydrogen-bond donors (Lipinski definition) is 1. The Morgan fingerprint density at radius 1 is 1.25 bits per heavy atom. The Hall–Kier alpha value is -2.29. The van der Waals surface area contributed by atoms with E-state index in [-0.39, 0.29) is 16.8 Å². The second kappa shape index (κ2) is 5.97. The van der Waals surface area contributed by atoms with Gasteiger partial charge >= 0.3 is 0 Å². The molecule has 0 bridgehead atoms. The van der Waals surface area contributed by atoms with Crippen LogP contribution in [0, 0.1) is 11.6 Å². The van der Waals surface area contributed by atoms with Crippen LogP contribution in [0.15, 0.2) is 24.4 Å². The lowest BCUT2D eigenvalue weighted by Crippen LogP contribution is -2.29. The van der Waals surface area contributed by atoms with Crippen molar-refractivity contribution in [3.8, 4) is 11.3 Å². The van der Waals surface area contributed by atoms with Crippen molar-refractivity contribution in [3.05, 3.63) is 41.6 Å². The quantitative estimate of drug-likeness (QED) is 0.914. The molecular weight excluding hydrogens is 340 g/mol. The third-order valence-corrected chi connectivity index (χ3v) is 3.67. The molecule has 24 heavy (non-hydrogen) atoms. The van der Waals surface area contributed by atoms with E-state index in [2.05, 4.69) is 5.10 Å². The van der Waals surface area contributed by atoms with E-state index >= 15 is 0 Å². The maximum Gasteiger partial charge on any atom is 0.268 e. The Balaban J connectivity index is 2.65. The van der Waals surface area contributed by atoms with Crippen LogP contribution in [0.5, 0.6) is 0 Å². The fourth-order valence-electron chi connectivity index (χ4n) is 1.99. The fraction of sp³-hybridized carbons (Fsp3) is 0.333.